The largest absolute Gasteiger partial charge is 0.326 e. The van der Waals surface area contributed by atoms with Gasteiger partial charge in [-0.25, -0.2) is 0 Å². The van der Waals surface area contributed by atoms with Gasteiger partial charge in [-0.05, 0) is 43.7 Å². The third-order valence-electron chi connectivity index (χ3n) is 4.52. The molecule has 1 aromatic carbocycles. The molecule has 0 spiro atoms. The van der Waals surface area contributed by atoms with Crippen LogP contribution < -0.4 is 5.32 Å². The first-order chi connectivity index (χ1) is 9.62. The maximum absolute atomic E-state index is 12.8. The van der Waals surface area contributed by atoms with E-state index in [4.69, 9.17) is 0 Å². The van der Waals surface area contributed by atoms with Crippen LogP contribution in [0.4, 0.5) is 5.69 Å². The second-order valence-electron chi connectivity index (χ2n) is 6.59. The van der Waals surface area contributed by atoms with Crippen LogP contribution in [0.1, 0.15) is 58.8 Å². The number of para-hydroxylation sites is 1. The Hall–Kier alpha value is -1.31. The molecule has 0 heterocycles. The fourth-order valence-corrected chi connectivity index (χ4v) is 3.17. The van der Waals surface area contributed by atoms with Crippen molar-refractivity contribution in [2.45, 2.75) is 58.8 Å². The van der Waals surface area contributed by atoms with E-state index < -0.39 is 0 Å². The van der Waals surface area contributed by atoms with E-state index in [1.807, 2.05) is 30.3 Å². The third-order valence-corrected chi connectivity index (χ3v) is 4.52. The van der Waals surface area contributed by atoms with E-state index in [1.165, 1.54) is 19.3 Å². The molecule has 0 atom stereocenters. The summed E-state index contributed by atoms with van der Waals surface area (Å²) in [5, 5.41) is 3.14. The average Bonchev–Trinajstić information content (AvgIpc) is 2.47. The fraction of sp³-hybridized carbons (Fsp3) is 0.611. The Morgan fingerprint density at radius 1 is 1.15 bits per heavy atom. The first-order valence-electron chi connectivity index (χ1n) is 7.99. The summed E-state index contributed by atoms with van der Waals surface area (Å²) < 4.78 is 0. The lowest BCUT2D eigenvalue weighted by molar-refractivity contribution is -0.128. The highest BCUT2D eigenvalue weighted by Gasteiger charge is 2.38. The van der Waals surface area contributed by atoms with Gasteiger partial charge < -0.3 is 5.32 Å². The number of anilines is 1. The van der Waals surface area contributed by atoms with E-state index >= 15 is 0 Å². The van der Waals surface area contributed by atoms with Crippen LogP contribution in [-0.4, -0.2) is 5.91 Å². The molecule has 0 bridgehead atoms. The van der Waals surface area contributed by atoms with Gasteiger partial charge in [-0.1, -0.05) is 51.3 Å². The summed E-state index contributed by atoms with van der Waals surface area (Å²) in [7, 11) is 0. The van der Waals surface area contributed by atoms with Crippen LogP contribution in [0.5, 0.6) is 0 Å². The number of carbonyl (C=O) groups excluding carboxylic acids is 1. The molecule has 1 aromatic rings. The van der Waals surface area contributed by atoms with Crippen molar-refractivity contribution in [3.63, 3.8) is 0 Å². The predicted molar refractivity (Wildman–Crippen MR) is 84.7 cm³/mol. The highest BCUT2D eigenvalue weighted by Crippen LogP contribution is 2.42. The number of nitrogens with one attached hydrogen (secondary N) is 1. The van der Waals surface area contributed by atoms with E-state index in [0.717, 1.165) is 31.4 Å². The van der Waals surface area contributed by atoms with Gasteiger partial charge in [0.25, 0.3) is 0 Å². The Balaban J connectivity index is 2.07. The molecule has 2 heteroatoms. The molecule has 0 aromatic heterocycles. The zero-order valence-electron chi connectivity index (χ0n) is 12.8. The molecular formula is C18H27NO. The van der Waals surface area contributed by atoms with Crippen LogP contribution in [0, 0.1) is 11.3 Å². The first kappa shape index (κ1) is 15.1. The number of amides is 1. The minimum absolute atomic E-state index is 0.127. The topological polar surface area (TPSA) is 29.1 Å². The fourth-order valence-electron chi connectivity index (χ4n) is 3.17. The number of carbonyl (C=O) groups is 1. The van der Waals surface area contributed by atoms with Crippen molar-refractivity contribution < 1.29 is 4.79 Å². The Bertz CT molecular complexity index is 418. The van der Waals surface area contributed by atoms with Gasteiger partial charge in [-0.15, -0.1) is 0 Å². The Kier molecular flexibility index (Phi) is 5.22. The monoisotopic (exact) mass is 273 g/mol. The van der Waals surface area contributed by atoms with Crippen LogP contribution in [0.3, 0.4) is 0 Å². The van der Waals surface area contributed by atoms with Crippen molar-refractivity contribution in [3.05, 3.63) is 30.3 Å². The molecule has 0 aliphatic heterocycles. The van der Waals surface area contributed by atoms with Crippen LogP contribution in [0.2, 0.25) is 0 Å². The molecule has 1 fully saturated rings. The van der Waals surface area contributed by atoms with E-state index in [1.54, 1.807) is 0 Å². The smallest absolute Gasteiger partial charge is 0.230 e. The highest BCUT2D eigenvalue weighted by atomic mass is 16.2. The maximum atomic E-state index is 12.8. The van der Waals surface area contributed by atoms with Crippen molar-refractivity contribution >= 4 is 11.6 Å². The molecule has 20 heavy (non-hydrogen) atoms. The number of rotatable bonds is 5. The molecule has 1 saturated carbocycles. The Morgan fingerprint density at radius 2 is 1.80 bits per heavy atom. The second-order valence-corrected chi connectivity index (χ2v) is 6.59. The van der Waals surface area contributed by atoms with E-state index in [2.05, 4.69) is 19.2 Å². The zero-order chi connectivity index (χ0) is 14.4. The van der Waals surface area contributed by atoms with Crippen LogP contribution in [0.25, 0.3) is 0 Å². The Labute approximate surface area is 123 Å². The summed E-state index contributed by atoms with van der Waals surface area (Å²) in [6, 6.07) is 9.85. The molecule has 0 saturated heterocycles. The maximum Gasteiger partial charge on any atom is 0.230 e. The standard InChI is InChI=1S/C18H27NO/c1-15(2)11-14-18(12-7-4-8-13-18)17(20)19-16-9-5-3-6-10-16/h3,5-6,9-10,15H,4,7-8,11-14H2,1-2H3,(H,19,20). The van der Waals surface area contributed by atoms with Crippen LogP contribution in [0.15, 0.2) is 30.3 Å². The van der Waals surface area contributed by atoms with Crippen molar-refractivity contribution in [1.82, 2.24) is 0 Å². The molecule has 1 aliphatic carbocycles. The molecule has 2 rings (SSSR count). The lowest BCUT2D eigenvalue weighted by atomic mass is 9.69. The minimum Gasteiger partial charge on any atom is -0.326 e. The summed E-state index contributed by atoms with van der Waals surface area (Å²) >= 11 is 0. The first-order valence-corrected chi connectivity index (χ1v) is 7.99. The van der Waals surface area contributed by atoms with Gasteiger partial charge in [0.05, 0.1) is 0 Å². The molecule has 1 aliphatic rings. The molecule has 0 unspecified atom stereocenters. The van der Waals surface area contributed by atoms with E-state index in [9.17, 15) is 4.79 Å². The van der Waals surface area contributed by atoms with E-state index in [0.29, 0.717) is 5.92 Å². The van der Waals surface area contributed by atoms with E-state index in [-0.39, 0.29) is 11.3 Å². The Morgan fingerprint density at radius 3 is 2.40 bits per heavy atom. The summed E-state index contributed by atoms with van der Waals surface area (Å²) in [5.41, 5.74) is 0.797. The summed E-state index contributed by atoms with van der Waals surface area (Å²) in [6.07, 6.45) is 7.95. The van der Waals surface area contributed by atoms with Gasteiger partial charge in [0.2, 0.25) is 5.91 Å². The van der Waals surface area contributed by atoms with Crippen molar-refractivity contribution in [1.29, 1.82) is 0 Å². The normalized spacial score (nSPS) is 17.9. The predicted octanol–water partition coefficient (Wildman–Crippen LogP) is 5.01. The average molecular weight is 273 g/mol. The molecule has 2 nitrogen and oxygen atoms in total. The molecule has 1 N–H and O–H groups in total. The molecular weight excluding hydrogens is 246 g/mol. The zero-order valence-corrected chi connectivity index (χ0v) is 12.8. The number of hydrogen-bond donors (Lipinski definition) is 1. The van der Waals surface area contributed by atoms with Gasteiger partial charge in [0.15, 0.2) is 0 Å². The van der Waals surface area contributed by atoms with Gasteiger partial charge in [-0.3, -0.25) is 4.79 Å². The summed E-state index contributed by atoms with van der Waals surface area (Å²) in [4.78, 5) is 12.8. The van der Waals surface area contributed by atoms with Crippen molar-refractivity contribution in [2.24, 2.45) is 11.3 Å². The lowest BCUT2D eigenvalue weighted by Crippen LogP contribution is -2.38. The van der Waals surface area contributed by atoms with Crippen molar-refractivity contribution in [3.8, 4) is 0 Å². The lowest BCUT2D eigenvalue weighted by Gasteiger charge is -2.36. The summed E-state index contributed by atoms with van der Waals surface area (Å²) in [5.74, 6) is 0.905. The second kappa shape index (κ2) is 6.92. The SMILES string of the molecule is CC(C)CCC1(C(=O)Nc2ccccc2)CCCCC1. The number of hydrogen-bond acceptors (Lipinski definition) is 1. The minimum atomic E-state index is -0.127. The summed E-state index contributed by atoms with van der Waals surface area (Å²) in [6.45, 7) is 4.48. The van der Waals surface area contributed by atoms with Crippen LogP contribution >= 0.6 is 0 Å². The highest BCUT2D eigenvalue weighted by molar-refractivity contribution is 5.95. The van der Waals surface area contributed by atoms with Crippen LogP contribution in [-0.2, 0) is 4.79 Å². The molecule has 110 valence electrons. The van der Waals surface area contributed by atoms with Gasteiger partial charge >= 0.3 is 0 Å². The molecule has 1 amide bonds. The van der Waals surface area contributed by atoms with Gasteiger partial charge in [-0.2, -0.15) is 0 Å². The van der Waals surface area contributed by atoms with Gasteiger partial charge in [0, 0.05) is 11.1 Å². The third kappa shape index (κ3) is 3.84. The van der Waals surface area contributed by atoms with Crippen molar-refractivity contribution in [2.75, 3.05) is 5.32 Å². The molecule has 0 radical (unpaired) electrons. The van der Waals surface area contributed by atoms with Gasteiger partial charge in [0.1, 0.15) is 0 Å². The quantitative estimate of drug-likeness (QED) is 0.802. The number of benzene rings is 1.